The van der Waals surface area contributed by atoms with Crippen LogP contribution in [0.5, 0.6) is 0 Å². The van der Waals surface area contributed by atoms with Crippen LogP contribution in [0.15, 0.2) is 24.3 Å². The molecule has 1 aromatic carbocycles. The third-order valence-corrected chi connectivity index (χ3v) is 8.35. The second kappa shape index (κ2) is 12.1. The van der Waals surface area contributed by atoms with Gasteiger partial charge in [0.25, 0.3) is 0 Å². The van der Waals surface area contributed by atoms with Crippen LogP contribution in [0.1, 0.15) is 68.9 Å². The Kier molecular flexibility index (Phi) is 9.43. The van der Waals surface area contributed by atoms with Crippen LogP contribution in [-0.2, 0) is 16.3 Å². The molecular weight excluding hydrogens is 370 g/mol. The van der Waals surface area contributed by atoms with Gasteiger partial charge < -0.3 is 5.32 Å². The van der Waals surface area contributed by atoms with Crippen LogP contribution in [0.4, 0.5) is 0 Å². The second-order valence-corrected chi connectivity index (χ2v) is 10.3. The van der Waals surface area contributed by atoms with Crippen LogP contribution in [0.2, 0.25) is 0 Å². The fourth-order valence-corrected chi connectivity index (χ4v) is 6.58. The molecule has 0 radical (unpaired) electrons. The lowest BCUT2D eigenvalue weighted by atomic mass is 9.95. The van der Waals surface area contributed by atoms with Crippen LogP contribution < -0.4 is 5.32 Å². The molecular formula is C23H35NOS2. The zero-order valence-corrected chi connectivity index (χ0v) is 18.2. The molecule has 27 heavy (non-hydrogen) atoms. The summed E-state index contributed by atoms with van der Waals surface area (Å²) in [7, 11) is 0. The fourth-order valence-electron chi connectivity index (χ4n) is 4.18. The third-order valence-electron chi connectivity index (χ3n) is 5.87. The van der Waals surface area contributed by atoms with Crippen molar-refractivity contribution in [2.24, 2.45) is 11.8 Å². The molecule has 2 nitrogen and oxygen atoms in total. The topological polar surface area (TPSA) is 29.1 Å². The maximum Gasteiger partial charge on any atom is 0.220 e. The fraction of sp³-hybridized carbons (Fsp3) is 0.696. The van der Waals surface area contributed by atoms with Crippen molar-refractivity contribution < 1.29 is 4.79 Å². The maximum absolute atomic E-state index is 12.3. The van der Waals surface area contributed by atoms with E-state index in [0.29, 0.717) is 12.3 Å². The van der Waals surface area contributed by atoms with E-state index in [2.05, 4.69) is 53.1 Å². The Morgan fingerprint density at radius 3 is 2.11 bits per heavy atom. The first-order valence-electron chi connectivity index (χ1n) is 10.8. The zero-order chi connectivity index (χ0) is 18.7. The van der Waals surface area contributed by atoms with Gasteiger partial charge in [0.2, 0.25) is 5.91 Å². The van der Waals surface area contributed by atoms with Crippen LogP contribution in [0.25, 0.3) is 0 Å². The molecule has 1 amide bonds. The van der Waals surface area contributed by atoms with Crippen molar-refractivity contribution in [1.29, 1.82) is 0 Å². The Hall–Kier alpha value is -0.610. The number of carbonyl (C=O) groups excluding carboxylic acids is 1. The molecule has 3 aliphatic heterocycles. The molecule has 150 valence electrons. The predicted molar refractivity (Wildman–Crippen MR) is 120 cm³/mol. The molecule has 1 saturated heterocycles. The molecule has 2 atom stereocenters. The van der Waals surface area contributed by atoms with Crippen LogP contribution in [0, 0.1) is 11.8 Å². The van der Waals surface area contributed by atoms with Gasteiger partial charge in [-0.25, -0.2) is 0 Å². The molecule has 4 rings (SSSR count). The van der Waals surface area contributed by atoms with Crippen molar-refractivity contribution in [1.82, 2.24) is 5.32 Å². The Balaban J connectivity index is 1.71. The molecule has 4 bridgehead atoms. The van der Waals surface area contributed by atoms with Gasteiger partial charge in [-0.2, -0.15) is 23.5 Å². The van der Waals surface area contributed by atoms with Crippen LogP contribution in [0.3, 0.4) is 0 Å². The number of thioether (sulfide) groups is 2. The summed E-state index contributed by atoms with van der Waals surface area (Å²) in [5.74, 6) is 6.31. The van der Waals surface area contributed by atoms with Gasteiger partial charge in [0, 0.05) is 24.5 Å². The molecule has 0 aliphatic carbocycles. The molecule has 3 aliphatic rings. The minimum absolute atomic E-state index is 0.268. The Morgan fingerprint density at radius 1 is 0.815 bits per heavy atom. The number of fused-ring (bicyclic) bond motifs is 14. The van der Waals surface area contributed by atoms with E-state index in [0.717, 1.165) is 36.8 Å². The van der Waals surface area contributed by atoms with Gasteiger partial charge in [-0.15, -0.1) is 0 Å². The summed E-state index contributed by atoms with van der Waals surface area (Å²) in [6, 6.07) is 9.19. The van der Waals surface area contributed by atoms with Gasteiger partial charge in [0.1, 0.15) is 0 Å². The van der Waals surface area contributed by atoms with Crippen LogP contribution >= 0.6 is 23.5 Å². The summed E-state index contributed by atoms with van der Waals surface area (Å²) < 4.78 is 0. The summed E-state index contributed by atoms with van der Waals surface area (Å²) >= 11 is 4.13. The third kappa shape index (κ3) is 8.11. The van der Waals surface area contributed by atoms with E-state index in [-0.39, 0.29) is 5.91 Å². The monoisotopic (exact) mass is 405 g/mol. The van der Waals surface area contributed by atoms with Crippen molar-refractivity contribution in [2.45, 2.75) is 69.3 Å². The average Bonchev–Trinajstić information content (AvgIpc) is 2.67. The molecule has 0 spiro atoms. The average molecular weight is 406 g/mol. The number of hydrogen-bond acceptors (Lipinski definition) is 3. The first-order chi connectivity index (χ1) is 13.3. The zero-order valence-electron chi connectivity index (χ0n) is 16.6. The normalized spacial score (nSPS) is 26.7. The lowest BCUT2D eigenvalue weighted by Crippen LogP contribution is -2.27. The second-order valence-electron chi connectivity index (χ2n) is 8.25. The molecule has 0 aromatic heterocycles. The molecule has 2 unspecified atom stereocenters. The summed E-state index contributed by atoms with van der Waals surface area (Å²) in [5, 5.41) is 3.20. The van der Waals surface area contributed by atoms with Crippen molar-refractivity contribution in [3.8, 4) is 0 Å². The van der Waals surface area contributed by atoms with Crippen molar-refractivity contribution >= 4 is 29.4 Å². The highest BCUT2D eigenvalue weighted by Gasteiger charge is 2.15. The van der Waals surface area contributed by atoms with Gasteiger partial charge in [-0.05, 0) is 60.2 Å². The molecule has 1 fully saturated rings. The Bertz CT molecular complexity index is 577. The first kappa shape index (κ1) is 21.1. The predicted octanol–water partition coefficient (Wildman–Crippen LogP) is 6.04. The Morgan fingerprint density at radius 2 is 1.44 bits per heavy atom. The number of benzene rings is 1. The van der Waals surface area contributed by atoms with Gasteiger partial charge >= 0.3 is 0 Å². The van der Waals surface area contributed by atoms with E-state index < -0.39 is 0 Å². The summed E-state index contributed by atoms with van der Waals surface area (Å²) in [6.07, 6.45) is 11.0. The first-order valence-corrected chi connectivity index (χ1v) is 13.1. The van der Waals surface area contributed by atoms with Gasteiger partial charge in [-0.3, -0.25) is 4.79 Å². The number of hydrogen-bond donors (Lipinski definition) is 1. The van der Waals surface area contributed by atoms with E-state index >= 15 is 0 Å². The number of nitrogens with one attached hydrogen (secondary N) is 1. The van der Waals surface area contributed by atoms with E-state index in [1.807, 2.05) is 0 Å². The minimum atomic E-state index is 0.268. The van der Waals surface area contributed by atoms with E-state index in [9.17, 15) is 4.79 Å². The number of amides is 1. The van der Waals surface area contributed by atoms with Gasteiger partial charge in [0.05, 0.1) is 0 Å². The highest BCUT2D eigenvalue weighted by molar-refractivity contribution is 7.98. The molecule has 4 heteroatoms. The number of rotatable bonds is 0. The largest absolute Gasteiger partial charge is 0.356 e. The smallest absolute Gasteiger partial charge is 0.220 e. The van der Waals surface area contributed by atoms with Crippen molar-refractivity contribution in [3.05, 3.63) is 35.4 Å². The SMILES string of the molecule is O=C1CCC2CCCCCCC(CCN1)CSCc1cccc(c1)CSC2. The quantitative estimate of drug-likeness (QED) is 0.570. The van der Waals surface area contributed by atoms with Gasteiger partial charge in [0.15, 0.2) is 0 Å². The Labute approximate surface area is 174 Å². The van der Waals surface area contributed by atoms with Crippen molar-refractivity contribution in [2.75, 3.05) is 18.1 Å². The van der Waals surface area contributed by atoms with Crippen molar-refractivity contribution in [3.63, 3.8) is 0 Å². The maximum atomic E-state index is 12.3. The summed E-state index contributed by atoms with van der Waals surface area (Å²) in [6.45, 7) is 0.860. The van der Waals surface area contributed by atoms with Crippen LogP contribution in [-0.4, -0.2) is 24.0 Å². The number of carbonyl (C=O) groups is 1. The standard InChI is InChI=1S/C23H35NOS2/c25-23-11-10-19-6-3-1-2-4-7-20(12-13-24-23)16-27-18-22-9-5-8-21(14-22)17-26-15-19/h5,8-9,14,19-20H,1-4,6-7,10-13,15-18H2,(H,24,25). The molecule has 3 heterocycles. The summed E-state index contributed by atoms with van der Waals surface area (Å²) in [5.41, 5.74) is 2.93. The summed E-state index contributed by atoms with van der Waals surface area (Å²) in [4.78, 5) is 12.3. The lowest BCUT2D eigenvalue weighted by molar-refractivity contribution is -0.121. The van der Waals surface area contributed by atoms with E-state index in [1.54, 1.807) is 0 Å². The molecule has 1 N–H and O–H groups in total. The lowest BCUT2D eigenvalue weighted by Gasteiger charge is -2.19. The highest BCUT2D eigenvalue weighted by atomic mass is 32.2. The van der Waals surface area contributed by atoms with Gasteiger partial charge in [-0.1, -0.05) is 49.9 Å². The highest BCUT2D eigenvalue weighted by Crippen LogP contribution is 2.27. The molecule has 0 saturated carbocycles. The minimum Gasteiger partial charge on any atom is -0.356 e. The molecule has 1 aromatic rings. The van der Waals surface area contributed by atoms with E-state index in [1.165, 1.54) is 61.2 Å². The van der Waals surface area contributed by atoms with E-state index in [4.69, 9.17) is 0 Å².